The zero-order valence-electron chi connectivity index (χ0n) is 17.3. The fraction of sp³-hybridized carbons (Fsp3) is 0. The standard InChI is InChI=1S/C20H15F5N2O8S/c21-36(22,23,24,25)10-1-2-11(26-19(34)8-3-13(28)17(32)14(29)4-8)12(7-10)27-20(35)9-5-15(30)18(33)16(31)6-9/h1-7,28-33H,(H,26,34)(H,27,35). The Balaban J connectivity index is 2.06. The minimum absolute atomic E-state index is 0.0587. The van der Waals surface area contributed by atoms with Crippen LogP contribution in [0.1, 0.15) is 20.7 Å². The lowest BCUT2D eigenvalue weighted by atomic mass is 10.1. The van der Waals surface area contributed by atoms with Gasteiger partial charge < -0.3 is 41.3 Å². The third-order valence-corrected chi connectivity index (χ3v) is 5.74. The molecule has 16 heteroatoms. The number of hydrogen-bond donors (Lipinski definition) is 8. The van der Waals surface area contributed by atoms with E-state index in [0.29, 0.717) is 30.3 Å². The number of carbonyl (C=O) groups is 2. The molecule has 0 bridgehead atoms. The van der Waals surface area contributed by atoms with Gasteiger partial charge in [-0.3, -0.25) is 9.59 Å². The number of nitrogens with one attached hydrogen (secondary N) is 2. The Hall–Kier alpha value is -4.60. The maximum Gasteiger partial charge on any atom is 0.310 e. The zero-order chi connectivity index (χ0) is 27.3. The van der Waals surface area contributed by atoms with Crippen LogP contribution in [0.5, 0.6) is 34.5 Å². The molecular formula is C20H15F5N2O8S. The van der Waals surface area contributed by atoms with Gasteiger partial charge in [0.2, 0.25) is 0 Å². The average molecular weight is 538 g/mol. The van der Waals surface area contributed by atoms with E-state index < -0.39 is 83.9 Å². The van der Waals surface area contributed by atoms with Gasteiger partial charge in [0, 0.05) is 11.1 Å². The summed E-state index contributed by atoms with van der Waals surface area (Å²) in [6.45, 7) is 0. The number of hydrogen-bond acceptors (Lipinski definition) is 8. The minimum atomic E-state index is -10.3. The highest BCUT2D eigenvalue weighted by Gasteiger charge is 2.65. The Morgan fingerprint density at radius 2 is 0.944 bits per heavy atom. The van der Waals surface area contributed by atoms with Crippen molar-refractivity contribution in [1.29, 1.82) is 0 Å². The lowest BCUT2D eigenvalue weighted by molar-refractivity contribution is 0.101. The number of phenols is 6. The van der Waals surface area contributed by atoms with Crippen LogP contribution in [0.2, 0.25) is 0 Å². The zero-order valence-corrected chi connectivity index (χ0v) is 18.2. The predicted molar refractivity (Wildman–Crippen MR) is 117 cm³/mol. The minimum Gasteiger partial charge on any atom is -0.504 e. The maximum atomic E-state index is 13.4. The second-order valence-electron chi connectivity index (χ2n) is 7.31. The van der Waals surface area contributed by atoms with Gasteiger partial charge in [0.25, 0.3) is 11.8 Å². The maximum absolute atomic E-state index is 13.4. The van der Waals surface area contributed by atoms with Crippen molar-refractivity contribution in [3.8, 4) is 34.5 Å². The van der Waals surface area contributed by atoms with Crippen molar-refractivity contribution in [2.75, 3.05) is 10.6 Å². The van der Waals surface area contributed by atoms with Crippen LogP contribution in [0.4, 0.5) is 30.8 Å². The highest BCUT2D eigenvalue weighted by atomic mass is 32.5. The summed E-state index contributed by atoms with van der Waals surface area (Å²) in [6, 6.07) is 2.74. The first-order valence-corrected chi connectivity index (χ1v) is 11.2. The van der Waals surface area contributed by atoms with Crippen molar-refractivity contribution >= 4 is 33.4 Å². The van der Waals surface area contributed by atoms with Crippen LogP contribution in [0, 0.1) is 0 Å². The highest BCUT2D eigenvalue weighted by molar-refractivity contribution is 8.45. The second kappa shape index (κ2) is 7.70. The molecule has 0 saturated heterocycles. The summed E-state index contributed by atoms with van der Waals surface area (Å²) in [7, 11) is -10.3. The molecule has 0 atom stereocenters. The van der Waals surface area contributed by atoms with E-state index >= 15 is 0 Å². The molecule has 0 saturated carbocycles. The van der Waals surface area contributed by atoms with Crippen molar-refractivity contribution in [1.82, 2.24) is 0 Å². The molecule has 2 amide bonds. The lowest BCUT2D eigenvalue weighted by Gasteiger charge is -2.40. The van der Waals surface area contributed by atoms with E-state index in [2.05, 4.69) is 0 Å². The van der Waals surface area contributed by atoms with E-state index in [1.54, 1.807) is 0 Å². The Bertz CT molecular complexity index is 1390. The quantitative estimate of drug-likeness (QED) is 0.164. The van der Waals surface area contributed by atoms with Gasteiger partial charge in [-0.15, -0.1) is 0 Å². The Kier molecular flexibility index (Phi) is 5.57. The molecule has 3 aromatic rings. The third-order valence-electron chi connectivity index (χ3n) is 4.60. The smallest absolute Gasteiger partial charge is 0.310 e. The summed E-state index contributed by atoms with van der Waals surface area (Å²) < 4.78 is 66.8. The van der Waals surface area contributed by atoms with Crippen molar-refractivity contribution in [2.45, 2.75) is 4.90 Å². The Morgan fingerprint density at radius 1 is 0.583 bits per heavy atom. The molecule has 0 aliphatic rings. The van der Waals surface area contributed by atoms with Crippen LogP contribution in [-0.2, 0) is 0 Å². The Morgan fingerprint density at radius 3 is 1.31 bits per heavy atom. The van der Waals surface area contributed by atoms with Crippen LogP contribution in [0.25, 0.3) is 0 Å². The molecule has 0 aromatic heterocycles. The normalized spacial score (nSPS) is 13.4. The molecule has 0 spiro atoms. The molecule has 36 heavy (non-hydrogen) atoms. The fourth-order valence-electron chi connectivity index (χ4n) is 2.84. The van der Waals surface area contributed by atoms with Crippen LogP contribution < -0.4 is 10.6 Å². The van der Waals surface area contributed by atoms with E-state index in [-0.39, 0.29) is 12.1 Å². The molecule has 0 aliphatic heterocycles. The summed E-state index contributed by atoms with van der Waals surface area (Å²) in [5.74, 6) is -8.38. The summed E-state index contributed by atoms with van der Waals surface area (Å²) in [4.78, 5) is 22.6. The molecule has 0 unspecified atom stereocenters. The van der Waals surface area contributed by atoms with Crippen LogP contribution in [-0.4, -0.2) is 42.5 Å². The number of aromatic hydroxyl groups is 6. The number of amides is 2. The Labute approximate surface area is 197 Å². The van der Waals surface area contributed by atoms with E-state index in [9.17, 15) is 59.7 Å². The monoisotopic (exact) mass is 538 g/mol. The molecule has 0 radical (unpaired) electrons. The first-order chi connectivity index (χ1) is 16.3. The van der Waals surface area contributed by atoms with Crippen LogP contribution in [0.3, 0.4) is 0 Å². The first-order valence-electron chi connectivity index (χ1n) is 9.27. The van der Waals surface area contributed by atoms with Crippen molar-refractivity contribution in [3.05, 3.63) is 53.6 Å². The van der Waals surface area contributed by atoms with Gasteiger partial charge in [-0.2, -0.15) is 0 Å². The molecule has 8 N–H and O–H groups in total. The number of halogens is 5. The van der Waals surface area contributed by atoms with Crippen LogP contribution >= 0.6 is 10.2 Å². The van der Waals surface area contributed by atoms with Gasteiger partial charge in [0.05, 0.1) is 11.4 Å². The molecule has 0 aliphatic carbocycles. The number of rotatable bonds is 5. The van der Waals surface area contributed by atoms with Crippen LogP contribution in [0.15, 0.2) is 47.4 Å². The molecule has 3 rings (SSSR count). The van der Waals surface area contributed by atoms with E-state index in [1.807, 2.05) is 10.6 Å². The van der Waals surface area contributed by atoms with Gasteiger partial charge in [0.15, 0.2) is 34.5 Å². The largest absolute Gasteiger partial charge is 0.504 e. The summed E-state index contributed by atoms with van der Waals surface area (Å²) in [6.07, 6.45) is 0. The number of anilines is 2. The SMILES string of the molecule is O=C(Nc1ccc(S(F)(F)(F)(F)F)cc1NC(=O)c1cc(O)c(O)c(O)c1)c1cc(O)c(O)c(O)c1. The van der Waals surface area contributed by atoms with E-state index in [4.69, 9.17) is 0 Å². The molecule has 0 fully saturated rings. The third kappa shape index (κ3) is 5.38. The van der Waals surface area contributed by atoms with Crippen molar-refractivity contribution in [3.63, 3.8) is 0 Å². The van der Waals surface area contributed by atoms with E-state index in [1.165, 1.54) is 0 Å². The second-order valence-corrected chi connectivity index (χ2v) is 9.72. The van der Waals surface area contributed by atoms with Gasteiger partial charge in [0.1, 0.15) is 4.90 Å². The molecule has 10 nitrogen and oxygen atoms in total. The summed E-state index contributed by atoms with van der Waals surface area (Å²) >= 11 is 0. The van der Waals surface area contributed by atoms with Crippen molar-refractivity contribution in [2.24, 2.45) is 0 Å². The van der Waals surface area contributed by atoms with Gasteiger partial charge >= 0.3 is 10.2 Å². The molecule has 3 aromatic carbocycles. The summed E-state index contributed by atoms with van der Waals surface area (Å²) in [5, 5.41) is 60.7. The fourth-order valence-corrected chi connectivity index (χ4v) is 3.50. The first kappa shape index (κ1) is 26.0. The number of phenolic OH excluding ortho intramolecular Hbond substituents is 6. The van der Waals surface area contributed by atoms with Crippen molar-refractivity contribution < 1.29 is 59.7 Å². The van der Waals surface area contributed by atoms with Gasteiger partial charge in [-0.05, 0) is 42.5 Å². The van der Waals surface area contributed by atoms with Gasteiger partial charge in [-0.1, -0.05) is 19.4 Å². The predicted octanol–water partition coefficient (Wildman–Crippen LogP) is 5.08. The topological polar surface area (TPSA) is 180 Å². The number of carbonyl (C=O) groups excluding carboxylic acids is 2. The van der Waals surface area contributed by atoms with E-state index in [0.717, 1.165) is 0 Å². The summed E-state index contributed by atoms with van der Waals surface area (Å²) in [5.41, 5.74) is -2.80. The lowest BCUT2D eigenvalue weighted by Crippen LogP contribution is -2.18. The molecular weight excluding hydrogens is 523 g/mol. The van der Waals surface area contributed by atoms with Gasteiger partial charge in [-0.25, -0.2) is 0 Å². The molecule has 194 valence electrons. The average Bonchev–Trinajstić information content (AvgIpc) is 2.74. The highest BCUT2D eigenvalue weighted by Crippen LogP contribution is 3.02. The number of benzene rings is 3. The molecule has 0 heterocycles.